The van der Waals surface area contributed by atoms with Gasteiger partial charge in [0.2, 0.25) is 18.3 Å². The van der Waals surface area contributed by atoms with Crippen molar-refractivity contribution >= 4 is 22.1 Å². The van der Waals surface area contributed by atoms with Crippen LogP contribution in [0.3, 0.4) is 0 Å². The molecule has 0 saturated carbocycles. The number of fused-ring (bicyclic) bond motifs is 3. The van der Waals surface area contributed by atoms with E-state index in [9.17, 15) is 4.79 Å². The molecule has 0 spiro atoms. The van der Waals surface area contributed by atoms with Gasteiger partial charge < -0.3 is 38.9 Å². The number of methoxy groups -OCH3 is 1. The number of esters is 1. The maximum Gasteiger partial charge on any atom is 0.394 e. The second kappa shape index (κ2) is 12.1. The van der Waals surface area contributed by atoms with Gasteiger partial charge in [-0.15, -0.1) is 0 Å². The van der Waals surface area contributed by atoms with Crippen molar-refractivity contribution in [2.24, 2.45) is 0 Å². The van der Waals surface area contributed by atoms with E-state index in [-0.39, 0.29) is 23.8 Å². The van der Waals surface area contributed by atoms with E-state index in [0.29, 0.717) is 54.1 Å². The Hall–Kier alpha value is -3.66. The smallest absolute Gasteiger partial charge is 0.394 e. The molecule has 5 rings (SSSR count). The van der Waals surface area contributed by atoms with E-state index in [4.69, 9.17) is 56.4 Å². The molecule has 3 heterocycles. The average molecular weight is 599 g/mol. The van der Waals surface area contributed by atoms with Gasteiger partial charge in [0, 0.05) is 12.1 Å². The quantitative estimate of drug-likeness (QED) is 0.229. The van der Waals surface area contributed by atoms with E-state index in [0.717, 1.165) is 24.1 Å². The molecule has 2 aromatic rings. The zero-order valence-electron chi connectivity index (χ0n) is 23.4. The number of likely N-dealkylation sites (N-methyl/N-ethyl adjacent to an activating group) is 1. The number of rotatable bonds is 8. The summed E-state index contributed by atoms with van der Waals surface area (Å²) in [6.07, 6.45) is 0.0427. The van der Waals surface area contributed by atoms with Crippen LogP contribution in [0, 0.1) is 0 Å². The van der Waals surface area contributed by atoms with E-state index in [1.165, 1.54) is 0 Å². The summed E-state index contributed by atoms with van der Waals surface area (Å²) in [5.74, 6) is 2.31. The molecule has 14 nitrogen and oxygen atoms in total. The monoisotopic (exact) mass is 598 g/mol. The first-order valence-electron chi connectivity index (χ1n) is 12.9. The number of ether oxygens (including phenoxy) is 7. The fourth-order valence-electron chi connectivity index (χ4n) is 5.37. The Morgan fingerprint density at radius 1 is 1.00 bits per heavy atom. The van der Waals surface area contributed by atoms with Crippen LogP contribution < -0.4 is 34.2 Å². The molecule has 0 radical (unpaired) electrons. The largest absolute Gasteiger partial charge is 0.492 e. The van der Waals surface area contributed by atoms with Crippen molar-refractivity contribution in [2.45, 2.75) is 39.3 Å². The number of nitrogens with zero attached hydrogens (tertiary/aromatic N) is 1. The van der Waals surface area contributed by atoms with Crippen LogP contribution in [0.15, 0.2) is 6.07 Å². The summed E-state index contributed by atoms with van der Waals surface area (Å²) in [6, 6.07) is 1.59. The van der Waals surface area contributed by atoms with Crippen molar-refractivity contribution in [2.75, 3.05) is 53.0 Å². The molecule has 4 N–H and O–H groups in total. The first-order chi connectivity index (χ1) is 19.5. The molecule has 0 amide bonds. The van der Waals surface area contributed by atoms with Gasteiger partial charge in [0.25, 0.3) is 0 Å². The Kier molecular flexibility index (Phi) is 8.91. The van der Waals surface area contributed by atoms with Crippen LogP contribution in [-0.4, -0.2) is 75.7 Å². The van der Waals surface area contributed by atoms with Crippen molar-refractivity contribution in [1.82, 2.24) is 4.90 Å². The van der Waals surface area contributed by atoms with Crippen molar-refractivity contribution in [3.8, 4) is 34.5 Å². The van der Waals surface area contributed by atoms with Crippen molar-refractivity contribution in [3.05, 3.63) is 28.3 Å². The molecule has 0 fully saturated rings. The van der Waals surface area contributed by atoms with Crippen molar-refractivity contribution in [1.29, 1.82) is 0 Å². The predicted molar refractivity (Wildman–Crippen MR) is 145 cm³/mol. The number of carbonyl (C=O) groups is 1. The van der Waals surface area contributed by atoms with E-state index < -0.39 is 28.5 Å². The van der Waals surface area contributed by atoms with Gasteiger partial charge in [-0.3, -0.25) is 14.0 Å². The molecule has 3 aliphatic rings. The minimum absolute atomic E-state index is 0.124. The van der Waals surface area contributed by atoms with Gasteiger partial charge in [-0.1, -0.05) is 0 Å². The molecule has 0 saturated heterocycles. The molecule has 2 aromatic carbocycles. The molecule has 0 aliphatic carbocycles. The van der Waals surface area contributed by atoms with Crippen LogP contribution in [0.5, 0.6) is 34.5 Å². The molecule has 15 heteroatoms. The minimum atomic E-state index is -4.67. The molecule has 2 unspecified atom stereocenters. The van der Waals surface area contributed by atoms with Crippen molar-refractivity contribution in [3.63, 3.8) is 0 Å². The van der Waals surface area contributed by atoms with E-state index in [1.807, 2.05) is 33.9 Å². The Morgan fingerprint density at radius 3 is 2.22 bits per heavy atom. The highest BCUT2D eigenvalue weighted by Gasteiger charge is 2.49. The normalized spacial score (nSPS) is 19.0. The lowest BCUT2D eigenvalue weighted by atomic mass is 9.85. The summed E-state index contributed by atoms with van der Waals surface area (Å²) in [5, 5.41) is 0. The number of cyclic esters (lactones) is 1. The van der Waals surface area contributed by atoms with Gasteiger partial charge in [0.1, 0.15) is 0 Å². The number of carbonyl (C=O) groups excluding carboxylic acids is 1. The van der Waals surface area contributed by atoms with Crippen LogP contribution in [0.2, 0.25) is 0 Å². The lowest BCUT2D eigenvalue weighted by molar-refractivity contribution is 0.00816. The number of nitrogens with two attached hydrogens (primary N) is 1. The van der Waals surface area contributed by atoms with Gasteiger partial charge in [0.15, 0.2) is 29.1 Å². The van der Waals surface area contributed by atoms with Crippen LogP contribution in [-0.2, 0) is 21.6 Å². The van der Waals surface area contributed by atoms with Gasteiger partial charge in [-0.2, -0.15) is 8.42 Å². The molecule has 3 aliphatic heterocycles. The lowest BCUT2D eigenvalue weighted by Gasteiger charge is -2.38. The summed E-state index contributed by atoms with van der Waals surface area (Å²) < 4.78 is 72.8. The summed E-state index contributed by atoms with van der Waals surface area (Å²) in [5.41, 5.74) is 9.43. The van der Waals surface area contributed by atoms with E-state index in [2.05, 4.69) is 4.90 Å². The fraction of sp³-hybridized carbons (Fsp3) is 0.500. The molecule has 41 heavy (non-hydrogen) atoms. The molecular weight excluding hydrogens is 564 g/mol. The number of anilines is 1. The van der Waals surface area contributed by atoms with Gasteiger partial charge in [0.05, 0.1) is 49.8 Å². The second-order valence-electron chi connectivity index (χ2n) is 9.15. The highest BCUT2D eigenvalue weighted by atomic mass is 32.3. The Balaban J connectivity index is 0.000000714. The second-order valence-corrected chi connectivity index (χ2v) is 10.1. The molecular formula is C26H34N2O12S. The molecule has 0 aromatic heterocycles. The minimum Gasteiger partial charge on any atom is -0.492 e. The summed E-state index contributed by atoms with van der Waals surface area (Å²) in [6.45, 7) is 7.50. The Labute approximate surface area is 237 Å². The topological polar surface area (TPSA) is 186 Å². The van der Waals surface area contributed by atoms with Crippen LogP contribution in [0.4, 0.5) is 5.69 Å². The summed E-state index contributed by atoms with van der Waals surface area (Å²) in [7, 11) is -1.08. The average Bonchev–Trinajstić information content (AvgIpc) is 3.50. The Bertz CT molecular complexity index is 1420. The van der Waals surface area contributed by atoms with Gasteiger partial charge >= 0.3 is 16.4 Å². The molecule has 0 bridgehead atoms. The van der Waals surface area contributed by atoms with E-state index in [1.54, 1.807) is 7.11 Å². The fourth-order valence-corrected chi connectivity index (χ4v) is 5.37. The van der Waals surface area contributed by atoms with Gasteiger partial charge in [-0.05, 0) is 45.9 Å². The molecule has 2 atom stereocenters. The number of hydrogen-bond acceptors (Lipinski definition) is 12. The third-order valence-corrected chi connectivity index (χ3v) is 6.77. The molecule has 226 valence electrons. The Morgan fingerprint density at radius 2 is 1.61 bits per heavy atom. The van der Waals surface area contributed by atoms with Crippen molar-refractivity contribution < 1.29 is 55.5 Å². The maximum atomic E-state index is 13.3. The zero-order valence-corrected chi connectivity index (χ0v) is 24.2. The highest BCUT2D eigenvalue weighted by molar-refractivity contribution is 7.79. The van der Waals surface area contributed by atoms with Gasteiger partial charge in [-0.25, -0.2) is 4.79 Å². The third kappa shape index (κ3) is 5.75. The number of nitrogen functional groups attached to an aromatic ring is 1. The first-order valence-corrected chi connectivity index (χ1v) is 14.3. The SMILES string of the molecule is CCOc1c(N)c2c(c(OCC)c1OCC)C(C1c3c(cc4c(c3OC)OCO4)CCN1C)OC2=O.O=S(=O)(O)O. The lowest BCUT2D eigenvalue weighted by Crippen LogP contribution is -2.36. The zero-order chi connectivity index (χ0) is 30.1. The van der Waals surface area contributed by atoms with Crippen LogP contribution in [0.25, 0.3) is 0 Å². The highest BCUT2D eigenvalue weighted by Crippen LogP contribution is 2.59. The number of benzene rings is 2. The third-order valence-electron chi connectivity index (χ3n) is 6.77. The summed E-state index contributed by atoms with van der Waals surface area (Å²) in [4.78, 5) is 15.5. The maximum absolute atomic E-state index is 13.3. The van der Waals surface area contributed by atoms with Crippen LogP contribution in [0.1, 0.15) is 60.0 Å². The van der Waals surface area contributed by atoms with Crippen LogP contribution >= 0.6 is 0 Å². The summed E-state index contributed by atoms with van der Waals surface area (Å²) >= 11 is 0. The van der Waals surface area contributed by atoms with E-state index >= 15 is 0 Å². The number of hydrogen-bond donors (Lipinski definition) is 3. The predicted octanol–water partition coefficient (Wildman–Crippen LogP) is 2.99. The first kappa shape index (κ1) is 30.3. The standard InChI is InChI=1S/C26H32N2O8.H2O4S/c1-6-31-23-17-16(18(27)24(32-7-2)25(23)33-8-3)26(29)36-21(17)19-15-13(9-10-28(19)4)11-14-20(22(15)30-5)35-12-34-14;1-5(2,3)4/h11,19,21H,6-10,12,27H2,1-5H3;(H2,1,2,3,4).